The molecular weight excluding hydrogens is 282 g/mol. The lowest BCUT2D eigenvalue weighted by Gasteiger charge is -2.38. The molecule has 0 spiro atoms. The molecule has 1 aromatic rings. The molecule has 0 N–H and O–H groups in total. The molecule has 2 fully saturated rings. The second kappa shape index (κ2) is 5.09. The fourth-order valence-corrected chi connectivity index (χ4v) is 4.44. The number of aromatic nitrogens is 2. The zero-order valence-electron chi connectivity index (χ0n) is 11.7. The van der Waals surface area contributed by atoms with Crippen LogP contribution in [0.5, 0.6) is 0 Å². The standard InChI is InChI=1S/C12H19N3O4S/c1-3-20(16,17)15-7-9(12-13-8(2)14-19-12)6-11-10(15)4-5-18-11/h9-11H,3-7H2,1-2H3/t9-,10-,11-/m1/s1. The van der Waals surface area contributed by atoms with E-state index in [2.05, 4.69) is 10.1 Å². The summed E-state index contributed by atoms with van der Waals surface area (Å²) < 4.78 is 37.0. The minimum absolute atomic E-state index is 0.0415. The molecule has 0 unspecified atom stereocenters. The van der Waals surface area contributed by atoms with Crippen LogP contribution in [-0.2, 0) is 14.8 Å². The normalized spacial score (nSPS) is 31.4. The zero-order chi connectivity index (χ0) is 14.3. The van der Waals surface area contributed by atoms with Gasteiger partial charge >= 0.3 is 0 Å². The molecule has 3 rings (SSSR count). The van der Waals surface area contributed by atoms with E-state index >= 15 is 0 Å². The molecule has 0 amide bonds. The second-order valence-corrected chi connectivity index (χ2v) is 7.56. The van der Waals surface area contributed by atoms with E-state index in [0.29, 0.717) is 24.9 Å². The van der Waals surface area contributed by atoms with Crippen LogP contribution in [0.1, 0.15) is 37.4 Å². The van der Waals surface area contributed by atoms with Gasteiger partial charge in [-0.25, -0.2) is 8.42 Å². The van der Waals surface area contributed by atoms with Crippen molar-refractivity contribution in [2.24, 2.45) is 0 Å². The summed E-state index contributed by atoms with van der Waals surface area (Å²) in [6, 6.07) is -0.0415. The molecule has 3 atom stereocenters. The van der Waals surface area contributed by atoms with E-state index in [1.165, 1.54) is 0 Å². The highest BCUT2D eigenvalue weighted by atomic mass is 32.2. The summed E-state index contributed by atoms with van der Waals surface area (Å²) in [5, 5.41) is 3.79. The molecule has 0 saturated carbocycles. The third-order valence-corrected chi connectivity index (χ3v) is 5.94. The maximum atomic E-state index is 12.3. The average molecular weight is 301 g/mol. The minimum Gasteiger partial charge on any atom is -0.376 e. The van der Waals surface area contributed by atoms with Gasteiger partial charge in [0.1, 0.15) is 0 Å². The predicted molar refractivity (Wildman–Crippen MR) is 70.7 cm³/mol. The summed E-state index contributed by atoms with van der Waals surface area (Å²) in [6.45, 7) is 4.44. The number of rotatable bonds is 3. The highest BCUT2D eigenvalue weighted by Gasteiger charge is 2.46. The summed E-state index contributed by atoms with van der Waals surface area (Å²) in [5.41, 5.74) is 0. The Kier molecular flexibility index (Phi) is 3.55. The fraction of sp³-hybridized carbons (Fsp3) is 0.833. The first kappa shape index (κ1) is 14.0. The summed E-state index contributed by atoms with van der Waals surface area (Å²) in [5.74, 6) is 1.09. The van der Waals surface area contributed by atoms with Gasteiger partial charge in [-0.05, 0) is 26.7 Å². The number of sulfonamides is 1. The lowest BCUT2D eigenvalue weighted by molar-refractivity contribution is 0.0418. The van der Waals surface area contributed by atoms with Crippen LogP contribution < -0.4 is 0 Å². The van der Waals surface area contributed by atoms with Crippen molar-refractivity contribution in [1.29, 1.82) is 0 Å². The molecule has 1 aromatic heterocycles. The third kappa shape index (κ3) is 2.36. The van der Waals surface area contributed by atoms with Crippen molar-refractivity contribution >= 4 is 10.0 Å². The molecule has 3 heterocycles. The van der Waals surface area contributed by atoms with Crippen molar-refractivity contribution in [3.05, 3.63) is 11.7 Å². The SMILES string of the molecule is CCS(=O)(=O)N1C[C@H](c2nc(C)no2)C[C@H]2OCC[C@H]21. The van der Waals surface area contributed by atoms with Crippen LogP contribution >= 0.6 is 0 Å². The zero-order valence-corrected chi connectivity index (χ0v) is 12.5. The molecule has 7 nitrogen and oxygen atoms in total. The number of hydrogen-bond donors (Lipinski definition) is 0. The quantitative estimate of drug-likeness (QED) is 0.816. The number of piperidine rings is 1. The maximum absolute atomic E-state index is 12.3. The van der Waals surface area contributed by atoms with Gasteiger partial charge in [0, 0.05) is 13.2 Å². The van der Waals surface area contributed by atoms with E-state index in [4.69, 9.17) is 9.26 Å². The highest BCUT2D eigenvalue weighted by Crippen LogP contribution is 2.37. The lowest BCUT2D eigenvalue weighted by Crippen LogP contribution is -2.51. The summed E-state index contributed by atoms with van der Waals surface area (Å²) in [4.78, 5) is 4.24. The smallest absolute Gasteiger partial charge is 0.231 e. The van der Waals surface area contributed by atoms with Crippen LogP contribution in [0.15, 0.2) is 4.52 Å². The minimum atomic E-state index is -3.25. The van der Waals surface area contributed by atoms with E-state index in [0.717, 1.165) is 12.8 Å². The summed E-state index contributed by atoms with van der Waals surface area (Å²) >= 11 is 0. The molecule has 0 aromatic carbocycles. The van der Waals surface area contributed by atoms with Crippen LogP contribution in [0.3, 0.4) is 0 Å². The topological polar surface area (TPSA) is 85.5 Å². The van der Waals surface area contributed by atoms with Crippen LogP contribution in [0.4, 0.5) is 0 Å². The third-order valence-electron chi connectivity index (χ3n) is 4.08. The van der Waals surface area contributed by atoms with Gasteiger partial charge in [0.25, 0.3) is 0 Å². The van der Waals surface area contributed by atoms with Crippen molar-refractivity contribution in [1.82, 2.24) is 14.4 Å². The maximum Gasteiger partial charge on any atom is 0.231 e. The summed E-state index contributed by atoms with van der Waals surface area (Å²) in [6.07, 6.45) is 1.43. The number of nitrogens with zero attached hydrogens (tertiary/aromatic N) is 3. The van der Waals surface area contributed by atoms with E-state index in [9.17, 15) is 8.42 Å². The van der Waals surface area contributed by atoms with Gasteiger partial charge in [-0.3, -0.25) is 0 Å². The van der Waals surface area contributed by atoms with Gasteiger partial charge < -0.3 is 9.26 Å². The number of ether oxygens (including phenoxy) is 1. The van der Waals surface area contributed by atoms with Crippen molar-refractivity contribution < 1.29 is 17.7 Å². The molecular formula is C12H19N3O4S. The monoisotopic (exact) mass is 301 g/mol. The fourth-order valence-electron chi connectivity index (χ4n) is 3.04. The Bertz CT molecular complexity index is 585. The van der Waals surface area contributed by atoms with Crippen LogP contribution in [0, 0.1) is 6.92 Å². The Labute approximate surface area is 118 Å². The van der Waals surface area contributed by atoms with E-state index in [-0.39, 0.29) is 23.8 Å². The van der Waals surface area contributed by atoms with Gasteiger partial charge in [0.15, 0.2) is 5.82 Å². The molecule has 8 heteroatoms. The Morgan fingerprint density at radius 2 is 2.25 bits per heavy atom. The molecule has 2 aliphatic rings. The Morgan fingerprint density at radius 1 is 1.45 bits per heavy atom. The Morgan fingerprint density at radius 3 is 2.90 bits per heavy atom. The number of hydrogen-bond acceptors (Lipinski definition) is 6. The Hall–Kier alpha value is -0.990. The van der Waals surface area contributed by atoms with E-state index in [1.807, 2.05) is 0 Å². The van der Waals surface area contributed by atoms with Crippen LogP contribution in [0.2, 0.25) is 0 Å². The average Bonchev–Trinajstić information content (AvgIpc) is 3.05. The van der Waals surface area contributed by atoms with Crippen LogP contribution in [0.25, 0.3) is 0 Å². The van der Waals surface area contributed by atoms with Crippen molar-refractivity contribution in [3.63, 3.8) is 0 Å². The molecule has 2 aliphatic heterocycles. The molecule has 0 aliphatic carbocycles. The van der Waals surface area contributed by atoms with Crippen LogP contribution in [-0.4, -0.2) is 53.9 Å². The summed E-state index contributed by atoms with van der Waals surface area (Å²) in [7, 11) is -3.25. The first-order valence-corrected chi connectivity index (χ1v) is 8.53. The largest absolute Gasteiger partial charge is 0.376 e. The van der Waals surface area contributed by atoms with Gasteiger partial charge in [-0.1, -0.05) is 5.16 Å². The van der Waals surface area contributed by atoms with Gasteiger partial charge in [-0.15, -0.1) is 0 Å². The number of fused-ring (bicyclic) bond motifs is 1. The molecule has 2 saturated heterocycles. The predicted octanol–water partition coefficient (Wildman–Crippen LogP) is 0.675. The molecule has 112 valence electrons. The van der Waals surface area contributed by atoms with E-state index in [1.54, 1.807) is 18.2 Å². The molecule has 20 heavy (non-hydrogen) atoms. The Balaban J connectivity index is 1.89. The van der Waals surface area contributed by atoms with Crippen molar-refractivity contribution in [2.75, 3.05) is 18.9 Å². The van der Waals surface area contributed by atoms with Crippen molar-refractivity contribution in [3.8, 4) is 0 Å². The van der Waals surface area contributed by atoms with Gasteiger partial charge in [-0.2, -0.15) is 9.29 Å². The highest BCUT2D eigenvalue weighted by molar-refractivity contribution is 7.89. The van der Waals surface area contributed by atoms with Gasteiger partial charge in [0.05, 0.1) is 23.8 Å². The lowest BCUT2D eigenvalue weighted by atomic mass is 9.92. The second-order valence-electron chi connectivity index (χ2n) is 5.35. The molecule has 0 bridgehead atoms. The van der Waals surface area contributed by atoms with Gasteiger partial charge in [0.2, 0.25) is 15.9 Å². The number of aryl methyl sites for hydroxylation is 1. The molecule has 0 radical (unpaired) electrons. The first-order valence-electron chi connectivity index (χ1n) is 6.92. The van der Waals surface area contributed by atoms with E-state index < -0.39 is 10.0 Å². The van der Waals surface area contributed by atoms with Crippen molar-refractivity contribution in [2.45, 2.75) is 44.8 Å². The first-order chi connectivity index (χ1) is 9.51.